The van der Waals surface area contributed by atoms with Crippen LogP contribution in [0.4, 0.5) is 0 Å². The molecule has 0 spiro atoms. The predicted octanol–water partition coefficient (Wildman–Crippen LogP) is 2.38. The summed E-state index contributed by atoms with van der Waals surface area (Å²) >= 11 is 6.26. The third kappa shape index (κ3) is 0.979. The van der Waals surface area contributed by atoms with Crippen LogP contribution in [0.25, 0.3) is 0 Å². The standard InChI is InChI=1S/C9H12BCl/c1-5(2)8-6-3-4-7(10-6)9(8)11/h3-4,6-10H,1H2,2H3. The van der Waals surface area contributed by atoms with Crippen molar-refractivity contribution >= 4 is 18.9 Å². The lowest BCUT2D eigenvalue weighted by atomic mass is 9.64. The molecule has 0 aromatic rings. The summed E-state index contributed by atoms with van der Waals surface area (Å²) in [6.07, 6.45) is 4.57. The van der Waals surface area contributed by atoms with Gasteiger partial charge in [-0.2, -0.15) is 0 Å². The molecule has 11 heavy (non-hydrogen) atoms. The molecule has 4 atom stereocenters. The van der Waals surface area contributed by atoms with E-state index in [1.165, 1.54) is 12.9 Å². The first kappa shape index (κ1) is 7.48. The van der Waals surface area contributed by atoms with Crippen LogP contribution in [0.1, 0.15) is 6.92 Å². The van der Waals surface area contributed by atoms with E-state index in [4.69, 9.17) is 11.6 Å². The van der Waals surface area contributed by atoms with Gasteiger partial charge in [0.2, 0.25) is 0 Å². The van der Waals surface area contributed by atoms with Crippen molar-refractivity contribution in [2.75, 3.05) is 0 Å². The van der Waals surface area contributed by atoms with E-state index in [2.05, 4.69) is 25.7 Å². The molecule has 2 bridgehead atoms. The fraction of sp³-hybridized carbons (Fsp3) is 0.556. The summed E-state index contributed by atoms with van der Waals surface area (Å²) in [7, 11) is 1.26. The molecular weight excluding hydrogens is 154 g/mol. The van der Waals surface area contributed by atoms with Crippen molar-refractivity contribution < 1.29 is 0 Å². The van der Waals surface area contributed by atoms with Gasteiger partial charge in [0.25, 0.3) is 0 Å². The maximum Gasteiger partial charge on any atom is 0.139 e. The van der Waals surface area contributed by atoms with Crippen molar-refractivity contribution in [2.45, 2.75) is 23.9 Å². The highest BCUT2D eigenvalue weighted by Crippen LogP contribution is 2.50. The normalized spacial score (nSPS) is 46.0. The lowest BCUT2D eigenvalue weighted by Crippen LogP contribution is -2.15. The van der Waals surface area contributed by atoms with Crippen LogP contribution in [-0.4, -0.2) is 12.7 Å². The molecule has 2 aliphatic rings. The van der Waals surface area contributed by atoms with Crippen molar-refractivity contribution in [1.82, 2.24) is 0 Å². The number of rotatable bonds is 1. The van der Waals surface area contributed by atoms with Gasteiger partial charge in [0.15, 0.2) is 0 Å². The Morgan fingerprint density at radius 1 is 1.45 bits per heavy atom. The first-order chi connectivity index (χ1) is 5.20. The Balaban J connectivity index is 2.25. The van der Waals surface area contributed by atoms with Gasteiger partial charge >= 0.3 is 0 Å². The second kappa shape index (κ2) is 2.41. The highest BCUT2D eigenvalue weighted by atomic mass is 35.5. The molecule has 0 aromatic carbocycles. The molecule has 0 aromatic heterocycles. The van der Waals surface area contributed by atoms with Crippen molar-refractivity contribution in [2.24, 2.45) is 5.92 Å². The van der Waals surface area contributed by atoms with E-state index in [-0.39, 0.29) is 0 Å². The molecule has 0 nitrogen and oxygen atoms in total. The van der Waals surface area contributed by atoms with Gasteiger partial charge in [-0.1, -0.05) is 24.3 Å². The van der Waals surface area contributed by atoms with Crippen molar-refractivity contribution in [3.63, 3.8) is 0 Å². The van der Waals surface area contributed by atoms with Gasteiger partial charge in [-0.3, -0.25) is 0 Å². The molecule has 0 radical (unpaired) electrons. The number of fused-ring (bicyclic) bond motifs is 2. The fourth-order valence-corrected chi connectivity index (χ4v) is 2.99. The van der Waals surface area contributed by atoms with Gasteiger partial charge in [0.05, 0.1) is 0 Å². The molecule has 0 saturated carbocycles. The van der Waals surface area contributed by atoms with Gasteiger partial charge < -0.3 is 0 Å². The summed E-state index contributed by atoms with van der Waals surface area (Å²) in [6, 6.07) is 0. The second-order valence-corrected chi connectivity index (χ2v) is 4.27. The Labute approximate surface area is 73.6 Å². The minimum absolute atomic E-state index is 0.322. The van der Waals surface area contributed by atoms with Crippen LogP contribution in [0.15, 0.2) is 24.3 Å². The van der Waals surface area contributed by atoms with Crippen LogP contribution in [0.5, 0.6) is 0 Å². The number of halogens is 1. The molecule has 2 aliphatic heterocycles. The van der Waals surface area contributed by atoms with E-state index >= 15 is 0 Å². The van der Waals surface area contributed by atoms with Gasteiger partial charge in [-0.15, -0.1) is 11.6 Å². The number of allylic oxidation sites excluding steroid dienone is 3. The molecule has 1 fully saturated rings. The molecule has 0 N–H and O–H groups in total. The zero-order valence-electron chi connectivity index (χ0n) is 6.76. The van der Waals surface area contributed by atoms with Crippen LogP contribution >= 0.6 is 11.6 Å². The molecule has 4 unspecified atom stereocenters. The van der Waals surface area contributed by atoms with Crippen molar-refractivity contribution in [3.05, 3.63) is 24.3 Å². The van der Waals surface area contributed by atoms with E-state index < -0.39 is 0 Å². The van der Waals surface area contributed by atoms with Crippen molar-refractivity contribution in [1.29, 1.82) is 0 Å². The summed E-state index contributed by atoms with van der Waals surface area (Å²) in [5.74, 6) is 1.87. The summed E-state index contributed by atoms with van der Waals surface area (Å²) in [4.78, 5) is 0. The van der Waals surface area contributed by atoms with Crippen LogP contribution < -0.4 is 0 Å². The molecule has 0 amide bonds. The minimum Gasteiger partial charge on any atom is -0.122 e. The summed E-state index contributed by atoms with van der Waals surface area (Å²) in [5.41, 5.74) is 1.25. The van der Waals surface area contributed by atoms with Gasteiger partial charge in [-0.25, -0.2) is 0 Å². The van der Waals surface area contributed by atoms with Gasteiger partial charge in [-0.05, 0) is 24.5 Å². The fourth-order valence-electron chi connectivity index (χ4n) is 2.40. The van der Waals surface area contributed by atoms with Gasteiger partial charge in [0, 0.05) is 5.38 Å². The topological polar surface area (TPSA) is 0 Å². The van der Waals surface area contributed by atoms with E-state index in [1.54, 1.807) is 0 Å². The molecule has 58 valence electrons. The molecule has 2 rings (SSSR count). The van der Waals surface area contributed by atoms with Gasteiger partial charge in [0.1, 0.15) is 7.28 Å². The minimum atomic E-state index is 0.322. The summed E-state index contributed by atoms with van der Waals surface area (Å²) in [6.45, 7) is 6.08. The Hall–Kier alpha value is -0.165. The predicted molar refractivity (Wildman–Crippen MR) is 51.7 cm³/mol. The SMILES string of the molecule is C=C(C)C1C2BC(C=C2)C1Cl. The Bertz CT molecular complexity index is 222. The average molecular weight is 166 g/mol. The lowest BCUT2D eigenvalue weighted by molar-refractivity contribution is 0.608. The first-order valence-electron chi connectivity index (χ1n) is 4.18. The van der Waals surface area contributed by atoms with E-state index in [0.717, 1.165) is 0 Å². The van der Waals surface area contributed by atoms with Crippen LogP contribution in [0, 0.1) is 5.92 Å². The number of hydrogen-bond acceptors (Lipinski definition) is 0. The average Bonchev–Trinajstić information content (AvgIpc) is 2.44. The smallest absolute Gasteiger partial charge is 0.122 e. The monoisotopic (exact) mass is 166 g/mol. The van der Waals surface area contributed by atoms with Crippen LogP contribution in [-0.2, 0) is 0 Å². The molecular formula is C9H12BCl. The van der Waals surface area contributed by atoms with Crippen LogP contribution in [0.2, 0.25) is 11.6 Å². The molecule has 0 aliphatic carbocycles. The Kier molecular flexibility index (Phi) is 1.64. The zero-order chi connectivity index (χ0) is 8.01. The number of alkyl halides is 1. The van der Waals surface area contributed by atoms with E-state index in [0.29, 0.717) is 22.9 Å². The maximum absolute atomic E-state index is 6.26. The third-order valence-corrected chi connectivity index (χ3v) is 3.53. The second-order valence-electron chi connectivity index (χ2n) is 3.76. The van der Waals surface area contributed by atoms with Crippen molar-refractivity contribution in [3.8, 4) is 0 Å². The number of hydrogen-bond donors (Lipinski definition) is 0. The molecule has 2 heteroatoms. The largest absolute Gasteiger partial charge is 0.139 e. The third-order valence-electron chi connectivity index (χ3n) is 2.93. The van der Waals surface area contributed by atoms with E-state index in [9.17, 15) is 0 Å². The highest BCUT2D eigenvalue weighted by molar-refractivity contribution is 6.48. The Morgan fingerprint density at radius 3 is 2.45 bits per heavy atom. The summed E-state index contributed by atoms with van der Waals surface area (Å²) in [5, 5.41) is 0.322. The maximum atomic E-state index is 6.26. The van der Waals surface area contributed by atoms with Crippen LogP contribution in [0.3, 0.4) is 0 Å². The lowest BCUT2D eigenvalue weighted by Gasteiger charge is -2.23. The first-order valence-corrected chi connectivity index (χ1v) is 4.61. The highest BCUT2D eigenvalue weighted by Gasteiger charge is 2.44. The van der Waals surface area contributed by atoms with E-state index in [1.807, 2.05) is 0 Å². The molecule has 1 saturated heterocycles. The summed E-state index contributed by atoms with van der Waals surface area (Å²) < 4.78 is 0. The molecule has 2 heterocycles. The Morgan fingerprint density at radius 2 is 2.09 bits per heavy atom. The quantitative estimate of drug-likeness (QED) is 0.319. The zero-order valence-corrected chi connectivity index (χ0v) is 7.51.